The van der Waals surface area contributed by atoms with Crippen molar-refractivity contribution in [2.75, 3.05) is 16.9 Å². The number of pyridine rings is 1. The van der Waals surface area contributed by atoms with Gasteiger partial charge in [-0.05, 0) is 42.8 Å². The molecule has 0 spiro atoms. The number of aryl methyl sites for hydroxylation is 1. The highest BCUT2D eigenvalue weighted by Gasteiger charge is 2.13. The quantitative estimate of drug-likeness (QED) is 0.451. The minimum atomic E-state index is -3.30. The summed E-state index contributed by atoms with van der Waals surface area (Å²) < 4.78 is 24.1. The summed E-state index contributed by atoms with van der Waals surface area (Å²) >= 11 is 2.62. The molecule has 30 heavy (non-hydrogen) atoms. The van der Waals surface area contributed by atoms with Crippen molar-refractivity contribution in [2.24, 2.45) is 0 Å². The summed E-state index contributed by atoms with van der Waals surface area (Å²) in [5.74, 6) is 0.450. The third-order valence-electron chi connectivity index (χ3n) is 4.08. The lowest BCUT2D eigenvalue weighted by molar-refractivity contribution is -0.115. The predicted molar refractivity (Wildman–Crippen MR) is 119 cm³/mol. The summed E-state index contributed by atoms with van der Waals surface area (Å²) in [7, 11) is -3.30. The molecule has 4 rings (SSSR count). The Labute approximate surface area is 181 Å². The highest BCUT2D eigenvalue weighted by atomic mass is 32.2. The van der Waals surface area contributed by atoms with Gasteiger partial charge in [-0.3, -0.25) is 4.79 Å². The maximum atomic E-state index is 12.4. The largest absolute Gasteiger partial charge is 0.316 e. The Morgan fingerprint density at radius 2 is 1.97 bits per heavy atom. The Balaban J connectivity index is 1.42. The Kier molecular flexibility index (Phi) is 5.50. The molecule has 2 N–H and O–H groups in total. The van der Waals surface area contributed by atoms with E-state index in [0.29, 0.717) is 32.0 Å². The highest BCUT2D eigenvalue weighted by molar-refractivity contribution is 7.90. The van der Waals surface area contributed by atoms with E-state index < -0.39 is 9.84 Å². The van der Waals surface area contributed by atoms with Crippen molar-refractivity contribution in [1.29, 1.82) is 0 Å². The van der Waals surface area contributed by atoms with Crippen LogP contribution in [0.4, 0.5) is 16.1 Å². The first kappa shape index (κ1) is 20.4. The summed E-state index contributed by atoms with van der Waals surface area (Å²) in [6.07, 6.45) is 2.98. The highest BCUT2D eigenvalue weighted by Crippen LogP contribution is 2.28. The van der Waals surface area contributed by atoms with Crippen LogP contribution in [0.5, 0.6) is 0 Å². The first-order chi connectivity index (χ1) is 14.3. The van der Waals surface area contributed by atoms with E-state index >= 15 is 0 Å². The molecule has 0 radical (unpaired) electrons. The van der Waals surface area contributed by atoms with Gasteiger partial charge in [0.2, 0.25) is 5.91 Å². The Morgan fingerprint density at radius 3 is 2.73 bits per heavy atom. The van der Waals surface area contributed by atoms with E-state index in [9.17, 15) is 13.2 Å². The minimum absolute atomic E-state index is 0.101. The number of hydrogen-bond donors (Lipinski definition) is 2. The lowest BCUT2D eigenvalue weighted by atomic mass is 10.3. The fourth-order valence-electron chi connectivity index (χ4n) is 2.68. The molecule has 154 valence electrons. The molecule has 3 aromatic heterocycles. The third kappa shape index (κ3) is 4.81. The maximum absolute atomic E-state index is 12.4. The molecule has 0 aliphatic heterocycles. The number of fused-ring (bicyclic) bond motifs is 1. The summed E-state index contributed by atoms with van der Waals surface area (Å²) in [4.78, 5) is 25.6. The fourth-order valence-corrected chi connectivity index (χ4v) is 5.04. The first-order valence-corrected chi connectivity index (χ1v) is 12.4. The van der Waals surface area contributed by atoms with Crippen LogP contribution in [0.25, 0.3) is 10.2 Å². The molecular weight excluding hydrogens is 442 g/mol. The van der Waals surface area contributed by atoms with Gasteiger partial charge in [0, 0.05) is 17.8 Å². The van der Waals surface area contributed by atoms with Gasteiger partial charge in [0.1, 0.15) is 5.82 Å². The van der Waals surface area contributed by atoms with Crippen LogP contribution in [0.15, 0.2) is 46.8 Å². The molecule has 0 aliphatic rings. The number of amides is 1. The number of sulfone groups is 1. The second kappa shape index (κ2) is 8.09. The molecular formula is C19H17N5O3S3. The van der Waals surface area contributed by atoms with Crippen LogP contribution in [0.2, 0.25) is 0 Å². The summed E-state index contributed by atoms with van der Waals surface area (Å²) in [6, 6.07) is 8.53. The van der Waals surface area contributed by atoms with Gasteiger partial charge in [-0.2, -0.15) is 0 Å². The lowest BCUT2D eigenvalue weighted by Gasteiger charge is -2.02. The van der Waals surface area contributed by atoms with Crippen LogP contribution in [0, 0.1) is 6.92 Å². The van der Waals surface area contributed by atoms with Gasteiger partial charge in [0.15, 0.2) is 20.1 Å². The zero-order valence-electron chi connectivity index (χ0n) is 16.0. The van der Waals surface area contributed by atoms with E-state index in [0.717, 1.165) is 11.8 Å². The average molecular weight is 460 g/mol. The summed E-state index contributed by atoms with van der Waals surface area (Å²) in [5, 5.41) is 8.77. The maximum Gasteiger partial charge on any atom is 0.232 e. The monoisotopic (exact) mass is 459 g/mol. The number of hydrogen-bond acceptors (Lipinski definition) is 9. The van der Waals surface area contributed by atoms with Crippen molar-refractivity contribution < 1.29 is 13.2 Å². The van der Waals surface area contributed by atoms with E-state index in [1.165, 1.54) is 28.7 Å². The molecule has 0 aliphatic carbocycles. The first-order valence-electron chi connectivity index (χ1n) is 8.81. The van der Waals surface area contributed by atoms with Crippen molar-refractivity contribution >= 4 is 64.7 Å². The molecule has 0 saturated heterocycles. The Hall–Kier alpha value is -2.89. The van der Waals surface area contributed by atoms with Gasteiger partial charge in [0.05, 0.1) is 27.2 Å². The molecule has 1 aromatic carbocycles. The second-order valence-electron chi connectivity index (χ2n) is 6.63. The van der Waals surface area contributed by atoms with Gasteiger partial charge in [-0.1, -0.05) is 11.3 Å². The standard InChI is InChI=1S/C19H17N5O3S3/c1-11-5-6-20-16(7-11)23-18-21-12(10-28-18)8-17(25)24-19-22-14-4-3-13(30(2,26)27)9-15(14)29-19/h3-7,9-10H,8H2,1-2H3,(H,20,21,23)(H,22,24,25). The second-order valence-corrected chi connectivity index (χ2v) is 10.5. The number of benzene rings is 1. The zero-order valence-corrected chi connectivity index (χ0v) is 18.5. The molecule has 3 heterocycles. The Bertz CT molecular complexity index is 1340. The van der Waals surface area contributed by atoms with E-state index in [1.807, 2.05) is 24.4 Å². The van der Waals surface area contributed by atoms with E-state index in [-0.39, 0.29) is 17.2 Å². The molecule has 4 aromatic rings. The van der Waals surface area contributed by atoms with Crippen LogP contribution in [0.3, 0.4) is 0 Å². The van der Waals surface area contributed by atoms with Gasteiger partial charge in [0.25, 0.3) is 0 Å². The number of rotatable bonds is 6. The normalized spacial score (nSPS) is 11.5. The number of aromatic nitrogens is 3. The van der Waals surface area contributed by atoms with Crippen LogP contribution in [-0.4, -0.2) is 35.5 Å². The van der Waals surface area contributed by atoms with Crippen molar-refractivity contribution in [3.05, 3.63) is 53.2 Å². The average Bonchev–Trinajstić information content (AvgIpc) is 3.26. The van der Waals surface area contributed by atoms with E-state index in [1.54, 1.807) is 18.3 Å². The van der Waals surface area contributed by atoms with Gasteiger partial charge < -0.3 is 10.6 Å². The van der Waals surface area contributed by atoms with Crippen molar-refractivity contribution in [3.63, 3.8) is 0 Å². The smallest absolute Gasteiger partial charge is 0.232 e. The Morgan fingerprint density at radius 1 is 1.13 bits per heavy atom. The van der Waals surface area contributed by atoms with Gasteiger partial charge >= 0.3 is 0 Å². The third-order valence-corrected chi connectivity index (χ3v) is 6.93. The van der Waals surface area contributed by atoms with Gasteiger partial charge in [-0.25, -0.2) is 23.4 Å². The molecule has 1 amide bonds. The van der Waals surface area contributed by atoms with Crippen LogP contribution >= 0.6 is 22.7 Å². The number of anilines is 3. The molecule has 11 heteroatoms. The van der Waals surface area contributed by atoms with Crippen LogP contribution in [0.1, 0.15) is 11.3 Å². The fraction of sp³-hybridized carbons (Fsp3) is 0.158. The summed E-state index contributed by atoms with van der Waals surface area (Å²) in [5.41, 5.74) is 2.35. The minimum Gasteiger partial charge on any atom is -0.316 e. The molecule has 8 nitrogen and oxygen atoms in total. The number of carbonyl (C=O) groups excluding carboxylic acids is 1. The predicted octanol–water partition coefficient (Wildman–Crippen LogP) is 3.78. The van der Waals surface area contributed by atoms with Crippen molar-refractivity contribution in [3.8, 4) is 0 Å². The van der Waals surface area contributed by atoms with Crippen LogP contribution < -0.4 is 10.6 Å². The topological polar surface area (TPSA) is 114 Å². The molecule has 0 fully saturated rings. The number of thiazole rings is 2. The number of nitrogens with one attached hydrogen (secondary N) is 2. The van der Waals surface area contributed by atoms with E-state index in [2.05, 4.69) is 25.6 Å². The summed E-state index contributed by atoms with van der Waals surface area (Å²) in [6.45, 7) is 1.98. The van der Waals surface area contributed by atoms with Crippen molar-refractivity contribution in [1.82, 2.24) is 15.0 Å². The molecule has 0 unspecified atom stereocenters. The van der Waals surface area contributed by atoms with Crippen LogP contribution in [-0.2, 0) is 21.1 Å². The van der Waals surface area contributed by atoms with Crippen molar-refractivity contribution in [2.45, 2.75) is 18.2 Å². The lowest BCUT2D eigenvalue weighted by Crippen LogP contribution is -2.14. The number of nitrogens with zero attached hydrogens (tertiary/aromatic N) is 3. The van der Waals surface area contributed by atoms with E-state index in [4.69, 9.17) is 0 Å². The molecule has 0 bridgehead atoms. The SMILES string of the molecule is Cc1ccnc(Nc2nc(CC(=O)Nc3nc4ccc(S(C)(=O)=O)cc4s3)cs2)c1. The molecule has 0 saturated carbocycles. The molecule has 0 atom stereocenters. The number of carbonyl (C=O) groups is 1. The zero-order chi connectivity index (χ0) is 21.3. The van der Waals surface area contributed by atoms with Gasteiger partial charge in [-0.15, -0.1) is 11.3 Å².